The fourth-order valence-electron chi connectivity index (χ4n) is 2.39. The van der Waals surface area contributed by atoms with Crippen LogP contribution in [0, 0.1) is 0 Å². The van der Waals surface area contributed by atoms with Crippen LogP contribution in [-0.2, 0) is 4.79 Å². The Bertz CT molecular complexity index is 542. The van der Waals surface area contributed by atoms with Crippen molar-refractivity contribution in [3.8, 4) is 5.75 Å². The van der Waals surface area contributed by atoms with Crippen LogP contribution in [0.3, 0.4) is 0 Å². The Morgan fingerprint density at radius 3 is 2.62 bits per heavy atom. The molecule has 0 bridgehead atoms. The smallest absolute Gasteiger partial charge is 0.251 e. The number of benzene rings is 1. The van der Waals surface area contributed by atoms with Crippen LogP contribution < -0.4 is 10.6 Å². The number of hydrogen-bond acceptors (Lipinski definition) is 3. The molecular formula is C15H19ClN2O3. The number of hydrogen-bond donors (Lipinski definition) is 3. The zero-order valence-electron chi connectivity index (χ0n) is 11.9. The number of phenols is 1. The van der Waals surface area contributed by atoms with Gasteiger partial charge in [0.25, 0.3) is 5.91 Å². The van der Waals surface area contributed by atoms with Crippen LogP contribution in [0.25, 0.3) is 0 Å². The Kier molecular flexibility index (Phi) is 5.07. The lowest BCUT2D eigenvalue weighted by atomic mass is 10.1. The van der Waals surface area contributed by atoms with Gasteiger partial charge in [0, 0.05) is 11.6 Å². The third-order valence-electron chi connectivity index (χ3n) is 3.65. The summed E-state index contributed by atoms with van der Waals surface area (Å²) in [5.74, 6) is -0.661. The van der Waals surface area contributed by atoms with E-state index >= 15 is 0 Å². The number of amides is 2. The average molecular weight is 311 g/mol. The highest BCUT2D eigenvalue weighted by Crippen LogP contribution is 2.23. The van der Waals surface area contributed by atoms with Gasteiger partial charge in [0.15, 0.2) is 0 Å². The number of nitrogens with one attached hydrogen (secondary N) is 2. The van der Waals surface area contributed by atoms with E-state index < -0.39 is 11.9 Å². The molecule has 0 spiro atoms. The van der Waals surface area contributed by atoms with Gasteiger partial charge in [0.05, 0.1) is 5.02 Å². The second-order valence-electron chi connectivity index (χ2n) is 5.35. The lowest BCUT2D eigenvalue weighted by Gasteiger charge is -2.17. The summed E-state index contributed by atoms with van der Waals surface area (Å²) < 4.78 is 0. The van der Waals surface area contributed by atoms with Crippen molar-refractivity contribution >= 4 is 23.4 Å². The van der Waals surface area contributed by atoms with Crippen LogP contribution >= 0.6 is 11.6 Å². The molecule has 1 aromatic rings. The molecule has 0 aromatic heterocycles. The van der Waals surface area contributed by atoms with Crippen LogP contribution in [0.1, 0.15) is 43.0 Å². The highest BCUT2D eigenvalue weighted by atomic mass is 35.5. The molecule has 21 heavy (non-hydrogen) atoms. The van der Waals surface area contributed by atoms with Crippen molar-refractivity contribution in [2.24, 2.45) is 0 Å². The molecule has 1 aliphatic rings. The monoisotopic (exact) mass is 310 g/mol. The predicted octanol–water partition coefficient (Wildman–Crippen LogP) is 2.22. The van der Waals surface area contributed by atoms with Crippen LogP contribution in [0.2, 0.25) is 5.02 Å². The van der Waals surface area contributed by atoms with Crippen molar-refractivity contribution in [1.29, 1.82) is 0 Å². The molecule has 1 saturated carbocycles. The molecular weight excluding hydrogens is 292 g/mol. The van der Waals surface area contributed by atoms with E-state index in [1.807, 2.05) is 0 Å². The number of phenolic OH excluding ortho intramolecular Hbond substituents is 1. The maximum atomic E-state index is 12.0. The Balaban J connectivity index is 1.91. The van der Waals surface area contributed by atoms with E-state index in [1.54, 1.807) is 6.92 Å². The SMILES string of the molecule is C[C@@H](NC(=O)c1ccc(O)c(Cl)c1)C(=O)NC1CCCC1. The predicted molar refractivity (Wildman–Crippen MR) is 80.4 cm³/mol. The fraction of sp³-hybridized carbons (Fsp3) is 0.467. The Labute approximate surface area is 128 Å². The van der Waals surface area contributed by atoms with E-state index in [2.05, 4.69) is 10.6 Å². The van der Waals surface area contributed by atoms with Gasteiger partial charge in [-0.3, -0.25) is 9.59 Å². The topological polar surface area (TPSA) is 78.4 Å². The summed E-state index contributed by atoms with van der Waals surface area (Å²) in [7, 11) is 0. The molecule has 0 saturated heterocycles. The zero-order chi connectivity index (χ0) is 15.4. The second-order valence-corrected chi connectivity index (χ2v) is 5.76. The van der Waals surface area contributed by atoms with E-state index in [1.165, 1.54) is 18.2 Å². The van der Waals surface area contributed by atoms with E-state index in [-0.39, 0.29) is 22.7 Å². The summed E-state index contributed by atoms with van der Waals surface area (Å²) in [5.41, 5.74) is 0.304. The van der Waals surface area contributed by atoms with Crippen molar-refractivity contribution < 1.29 is 14.7 Å². The summed E-state index contributed by atoms with van der Waals surface area (Å²) in [6.07, 6.45) is 4.27. The molecule has 1 atom stereocenters. The first kappa shape index (κ1) is 15.6. The lowest BCUT2D eigenvalue weighted by molar-refractivity contribution is -0.123. The van der Waals surface area contributed by atoms with Gasteiger partial charge >= 0.3 is 0 Å². The number of carbonyl (C=O) groups is 2. The molecule has 2 amide bonds. The molecule has 6 heteroatoms. The number of halogens is 1. The van der Waals surface area contributed by atoms with Gasteiger partial charge in [-0.05, 0) is 38.0 Å². The van der Waals surface area contributed by atoms with Gasteiger partial charge in [-0.1, -0.05) is 24.4 Å². The van der Waals surface area contributed by atoms with Crippen molar-refractivity contribution in [2.75, 3.05) is 0 Å². The third kappa shape index (κ3) is 4.11. The van der Waals surface area contributed by atoms with E-state index in [9.17, 15) is 14.7 Å². The van der Waals surface area contributed by atoms with Gasteiger partial charge in [0.2, 0.25) is 5.91 Å². The standard InChI is InChI=1S/C15H19ClN2O3/c1-9(14(20)18-11-4-2-3-5-11)17-15(21)10-6-7-13(19)12(16)8-10/h6-9,11,19H,2-5H2,1H3,(H,17,21)(H,18,20)/t9-/m1/s1. The number of aromatic hydroxyl groups is 1. The van der Waals surface area contributed by atoms with E-state index in [0.717, 1.165) is 25.7 Å². The summed E-state index contributed by atoms with van der Waals surface area (Å²) in [4.78, 5) is 24.0. The van der Waals surface area contributed by atoms with Gasteiger partial charge in [0.1, 0.15) is 11.8 Å². The molecule has 0 heterocycles. The molecule has 114 valence electrons. The molecule has 0 aliphatic heterocycles. The highest BCUT2D eigenvalue weighted by Gasteiger charge is 2.22. The van der Waals surface area contributed by atoms with E-state index in [4.69, 9.17) is 11.6 Å². The van der Waals surface area contributed by atoms with Crippen LogP contribution in [0.4, 0.5) is 0 Å². The maximum absolute atomic E-state index is 12.0. The van der Waals surface area contributed by atoms with Crippen LogP contribution in [0.15, 0.2) is 18.2 Å². The van der Waals surface area contributed by atoms with Gasteiger partial charge < -0.3 is 15.7 Å². The Morgan fingerprint density at radius 1 is 1.33 bits per heavy atom. The van der Waals surface area contributed by atoms with Gasteiger partial charge in [-0.2, -0.15) is 0 Å². The molecule has 0 unspecified atom stereocenters. The minimum Gasteiger partial charge on any atom is -0.506 e. The van der Waals surface area contributed by atoms with E-state index in [0.29, 0.717) is 5.56 Å². The third-order valence-corrected chi connectivity index (χ3v) is 3.96. The fourth-order valence-corrected chi connectivity index (χ4v) is 2.57. The summed E-state index contributed by atoms with van der Waals surface area (Å²) in [6.45, 7) is 1.64. The van der Waals surface area contributed by atoms with Crippen LogP contribution in [0.5, 0.6) is 5.75 Å². The van der Waals surface area contributed by atoms with Crippen LogP contribution in [-0.4, -0.2) is 29.0 Å². The first-order valence-corrected chi connectivity index (χ1v) is 7.45. The number of carbonyl (C=O) groups excluding carboxylic acids is 2. The highest BCUT2D eigenvalue weighted by molar-refractivity contribution is 6.32. The molecule has 1 aromatic carbocycles. The summed E-state index contributed by atoms with van der Waals surface area (Å²) >= 11 is 5.76. The second kappa shape index (κ2) is 6.80. The Morgan fingerprint density at radius 2 is 2.00 bits per heavy atom. The molecule has 1 fully saturated rings. The van der Waals surface area contributed by atoms with Crippen molar-refractivity contribution in [1.82, 2.24) is 10.6 Å². The Hall–Kier alpha value is -1.75. The van der Waals surface area contributed by atoms with Crippen molar-refractivity contribution in [2.45, 2.75) is 44.7 Å². The maximum Gasteiger partial charge on any atom is 0.251 e. The van der Waals surface area contributed by atoms with Crippen molar-refractivity contribution in [3.63, 3.8) is 0 Å². The lowest BCUT2D eigenvalue weighted by Crippen LogP contribution is -2.47. The quantitative estimate of drug-likeness (QED) is 0.798. The molecule has 3 N–H and O–H groups in total. The first-order chi connectivity index (χ1) is 9.97. The molecule has 5 nitrogen and oxygen atoms in total. The minimum atomic E-state index is -0.620. The molecule has 2 rings (SSSR count). The van der Waals surface area contributed by atoms with Crippen molar-refractivity contribution in [3.05, 3.63) is 28.8 Å². The summed E-state index contributed by atoms with van der Waals surface area (Å²) in [5, 5.41) is 15.0. The first-order valence-electron chi connectivity index (χ1n) is 7.07. The largest absolute Gasteiger partial charge is 0.506 e. The zero-order valence-corrected chi connectivity index (χ0v) is 12.6. The van der Waals surface area contributed by atoms with Gasteiger partial charge in [-0.25, -0.2) is 0 Å². The summed E-state index contributed by atoms with van der Waals surface area (Å²) in [6, 6.07) is 3.78. The van der Waals surface area contributed by atoms with Gasteiger partial charge in [-0.15, -0.1) is 0 Å². The average Bonchev–Trinajstić information content (AvgIpc) is 2.94. The minimum absolute atomic E-state index is 0.0831. The number of rotatable bonds is 4. The molecule has 0 radical (unpaired) electrons. The normalized spacial score (nSPS) is 16.5. The molecule has 1 aliphatic carbocycles.